The van der Waals surface area contributed by atoms with Crippen LogP contribution in [0, 0.1) is 0 Å². The number of H-pyrrole nitrogens is 1. The van der Waals surface area contributed by atoms with Crippen molar-refractivity contribution in [3.63, 3.8) is 0 Å². The Bertz CT molecular complexity index is 1360. The van der Waals surface area contributed by atoms with Crippen LogP contribution in [0.15, 0.2) is 67.0 Å². The molecule has 3 aromatic heterocycles. The third-order valence-electron chi connectivity index (χ3n) is 6.19. The first-order valence-electron chi connectivity index (χ1n) is 10.1. The maximum absolute atomic E-state index is 6.34. The van der Waals surface area contributed by atoms with Gasteiger partial charge in [0.05, 0.1) is 18.2 Å². The summed E-state index contributed by atoms with van der Waals surface area (Å²) in [6.45, 7) is 0. The predicted octanol–water partition coefficient (Wildman–Crippen LogP) is 4.55. The molecule has 6 heteroatoms. The molecule has 30 heavy (non-hydrogen) atoms. The number of nitrogen functional groups attached to an aromatic ring is 1. The van der Waals surface area contributed by atoms with Crippen LogP contribution in [0.1, 0.15) is 24.2 Å². The van der Waals surface area contributed by atoms with E-state index in [0.717, 1.165) is 52.2 Å². The first-order valence-corrected chi connectivity index (χ1v) is 10.1. The van der Waals surface area contributed by atoms with E-state index in [2.05, 4.69) is 44.7 Å². The van der Waals surface area contributed by atoms with Crippen molar-refractivity contribution in [1.82, 2.24) is 19.4 Å². The number of para-hydroxylation sites is 1. The van der Waals surface area contributed by atoms with E-state index in [4.69, 9.17) is 15.5 Å². The summed E-state index contributed by atoms with van der Waals surface area (Å²) in [4.78, 5) is 13.0. The van der Waals surface area contributed by atoms with Gasteiger partial charge in [0.1, 0.15) is 28.6 Å². The molecule has 0 radical (unpaired) electrons. The Labute approximate surface area is 173 Å². The van der Waals surface area contributed by atoms with Crippen LogP contribution in [0.5, 0.6) is 5.75 Å². The van der Waals surface area contributed by atoms with E-state index in [-0.39, 0.29) is 5.41 Å². The second kappa shape index (κ2) is 6.10. The maximum Gasteiger partial charge on any atom is 0.150 e. The van der Waals surface area contributed by atoms with Gasteiger partial charge in [0.25, 0.3) is 0 Å². The molecule has 0 aliphatic heterocycles. The highest BCUT2D eigenvalue weighted by Crippen LogP contribution is 2.54. The minimum Gasteiger partial charge on any atom is -0.497 e. The highest BCUT2D eigenvalue weighted by molar-refractivity contribution is 5.91. The summed E-state index contributed by atoms with van der Waals surface area (Å²) in [6, 6.07) is 18.7. The van der Waals surface area contributed by atoms with E-state index in [9.17, 15) is 0 Å². The van der Waals surface area contributed by atoms with Crippen LogP contribution in [-0.2, 0) is 5.41 Å². The number of ether oxygens (including phenoxy) is 1. The maximum atomic E-state index is 6.34. The Morgan fingerprint density at radius 1 is 1.10 bits per heavy atom. The summed E-state index contributed by atoms with van der Waals surface area (Å²) >= 11 is 0. The summed E-state index contributed by atoms with van der Waals surface area (Å²) in [5.74, 6) is 2.34. The molecule has 0 spiro atoms. The zero-order valence-corrected chi connectivity index (χ0v) is 16.6. The first kappa shape index (κ1) is 17.1. The van der Waals surface area contributed by atoms with Crippen LogP contribution in [0.25, 0.3) is 27.8 Å². The van der Waals surface area contributed by atoms with Crippen molar-refractivity contribution in [2.75, 3.05) is 12.8 Å². The van der Waals surface area contributed by atoms with Crippen LogP contribution in [-0.4, -0.2) is 26.5 Å². The van der Waals surface area contributed by atoms with Gasteiger partial charge in [-0.25, -0.2) is 9.97 Å². The molecule has 6 nitrogen and oxygen atoms in total. The fourth-order valence-corrected chi connectivity index (χ4v) is 4.47. The van der Waals surface area contributed by atoms with Gasteiger partial charge in [-0.1, -0.05) is 30.3 Å². The van der Waals surface area contributed by atoms with Gasteiger partial charge in [-0.15, -0.1) is 0 Å². The lowest BCUT2D eigenvalue weighted by Crippen LogP contribution is -2.13. The number of nitrogens with one attached hydrogen (secondary N) is 1. The van der Waals surface area contributed by atoms with E-state index in [1.54, 1.807) is 13.3 Å². The molecule has 0 unspecified atom stereocenters. The van der Waals surface area contributed by atoms with E-state index >= 15 is 0 Å². The third-order valence-corrected chi connectivity index (χ3v) is 6.19. The van der Waals surface area contributed by atoms with Gasteiger partial charge in [0.2, 0.25) is 0 Å². The average molecular weight is 395 g/mol. The molecule has 5 aromatic rings. The number of benzene rings is 2. The van der Waals surface area contributed by atoms with Crippen LogP contribution in [0.3, 0.4) is 0 Å². The van der Waals surface area contributed by atoms with Crippen LogP contribution in [0.2, 0.25) is 0 Å². The van der Waals surface area contributed by atoms with Gasteiger partial charge in [0, 0.05) is 23.3 Å². The zero-order chi connectivity index (χ0) is 20.3. The molecule has 1 aliphatic carbocycles. The Morgan fingerprint density at radius 3 is 2.63 bits per heavy atom. The first-order chi connectivity index (χ1) is 14.7. The van der Waals surface area contributed by atoms with Gasteiger partial charge >= 0.3 is 0 Å². The predicted molar refractivity (Wildman–Crippen MR) is 118 cm³/mol. The van der Waals surface area contributed by atoms with Crippen LogP contribution in [0.4, 0.5) is 5.82 Å². The number of hydrogen-bond acceptors (Lipinski definition) is 4. The molecule has 0 bridgehead atoms. The van der Waals surface area contributed by atoms with Crippen LogP contribution >= 0.6 is 0 Å². The second-order valence-electron chi connectivity index (χ2n) is 7.90. The lowest BCUT2D eigenvalue weighted by Gasteiger charge is -2.15. The van der Waals surface area contributed by atoms with Gasteiger partial charge in [-0.3, -0.25) is 4.40 Å². The highest BCUT2D eigenvalue weighted by Gasteiger charge is 2.49. The number of methoxy groups -OCH3 is 1. The summed E-state index contributed by atoms with van der Waals surface area (Å²) in [5, 5.41) is 1.15. The number of aromatic amines is 1. The van der Waals surface area contributed by atoms with Crippen LogP contribution < -0.4 is 10.5 Å². The molecule has 1 saturated carbocycles. The van der Waals surface area contributed by atoms with Crippen molar-refractivity contribution in [2.45, 2.75) is 18.3 Å². The molecule has 1 aliphatic rings. The quantitative estimate of drug-likeness (QED) is 0.468. The number of hydrogen-bond donors (Lipinski definition) is 2. The summed E-state index contributed by atoms with van der Waals surface area (Å²) in [6.07, 6.45) is 5.80. The van der Waals surface area contributed by atoms with Gasteiger partial charge in [0.15, 0.2) is 0 Å². The number of imidazole rings is 1. The summed E-state index contributed by atoms with van der Waals surface area (Å²) in [7, 11) is 1.69. The smallest absolute Gasteiger partial charge is 0.150 e. The third kappa shape index (κ3) is 2.37. The standard InChI is InChI=1S/C24H21N5O/c1-30-17-8-6-16(7-9-17)24(10-11-24)23-28-20(21-22(25)26-12-13-29(21)23)19-14-15-4-2-3-5-18(15)27-19/h2-9,12-14,27H,10-11H2,1H3,(H2,25,26). The van der Waals surface area contributed by atoms with Crippen molar-refractivity contribution in [3.05, 3.63) is 78.4 Å². The van der Waals surface area contributed by atoms with E-state index in [1.165, 1.54) is 5.56 Å². The van der Waals surface area contributed by atoms with Gasteiger partial charge < -0.3 is 15.5 Å². The number of rotatable bonds is 4. The fourth-order valence-electron chi connectivity index (χ4n) is 4.47. The number of nitrogens with two attached hydrogens (primary N) is 1. The number of anilines is 1. The van der Waals surface area contributed by atoms with E-state index in [0.29, 0.717) is 5.82 Å². The molecule has 3 heterocycles. The molecule has 1 fully saturated rings. The van der Waals surface area contributed by atoms with Crippen molar-refractivity contribution < 1.29 is 4.74 Å². The molecule has 2 aromatic carbocycles. The lowest BCUT2D eigenvalue weighted by atomic mass is 9.95. The fraction of sp³-hybridized carbons (Fsp3) is 0.167. The van der Waals surface area contributed by atoms with Crippen molar-refractivity contribution in [1.29, 1.82) is 0 Å². The molecule has 148 valence electrons. The summed E-state index contributed by atoms with van der Waals surface area (Å²) in [5.41, 5.74) is 11.2. The van der Waals surface area contributed by atoms with Crippen molar-refractivity contribution in [3.8, 4) is 17.1 Å². The average Bonchev–Trinajstić information content (AvgIpc) is 3.30. The van der Waals surface area contributed by atoms with Gasteiger partial charge in [-0.2, -0.15) is 0 Å². The second-order valence-corrected chi connectivity index (χ2v) is 7.90. The molecular formula is C24H21N5O. The van der Waals surface area contributed by atoms with E-state index < -0.39 is 0 Å². The Kier molecular flexibility index (Phi) is 3.47. The number of fused-ring (bicyclic) bond motifs is 2. The topological polar surface area (TPSA) is 81.2 Å². The normalized spacial score (nSPS) is 15.0. The van der Waals surface area contributed by atoms with Gasteiger partial charge in [-0.05, 0) is 42.7 Å². The molecular weight excluding hydrogens is 374 g/mol. The van der Waals surface area contributed by atoms with Crippen molar-refractivity contribution in [2.24, 2.45) is 0 Å². The minimum atomic E-state index is -0.118. The van der Waals surface area contributed by atoms with Crippen molar-refractivity contribution >= 4 is 22.2 Å². The molecule has 6 rings (SSSR count). The number of nitrogens with zero attached hydrogens (tertiary/aromatic N) is 3. The summed E-state index contributed by atoms with van der Waals surface area (Å²) < 4.78 is 7.45. The lowest BCUT2D eigenvalue weighted by molar-refractivity contribution is 0.414. The van der Waals surface area contributed by atoms with E-state index in [1.807, 2.05) is 30.5 Å². The SMILES string of the molecule is COc1ccc(C2(c3nc(-c4cc5ccccc5[nH]4)c4c(N)nccn34)CC2)cc1. The molecule has 0 amide bonds. The zero-order valence-electron chi connectivity index (χ0n) is 16.6. The minimum absolute atomic E-state index is 0.118. The number of aromatic nitrogens is 4. The Morgan fingerprint density at radius 2 is 1.90 bits per heavy atom. The monoisotopic (exact) mass is 395 g/mol. The molecule has 0 atom stereocenters. The Balaban J connectivity index is 1.58. The largest absolute Gasteiger partial charge is 0.497 e. The highest BCUT2D eigenvalue weighted by atomic mass is 16.5. The molecule has 3 N–H and O–H groups in total. The Hall–Kier alpha value is -3.80. The molecule has 0 saturated heterocycles.